The summed E-state index contributed by atoms with van der Waals surface area (Å²) in [5, 5.41) is 0. The molecule has 1 unspecified atom stereocenters. The summed E-state index contributed by atoms with van der Waals surface area (Å²) in [6.07, 6.45) is 11.6. The lowest BCUT2D eigenvalue weighted by molar-refractivity contribution is 0.0736. The predicted octanol–water partition coefficient (Wildman–Crippen LogP) is 5.42. The molecule has 1 aliphatic carbocycles. The Morgan fingerprint density at radius 1 is 1.07 bits per heavy atom. The molecule has 0 nitrogen and oxygen atoms in total. The van der Waals surface area contributed by atoms with E-state index in [1.165, 1.54) is 51.4 Å². The van der Waals surface area contributed by atoms with Crippen molar-refractivity contribution < 1.29 is 0 Å². The van der Waals surface area contributed by atoms with Crippen LogP contribution in [0.2, 0.25) is 0 Å². The van der Waals surface area contributed by atoms with Crippen molar-refractivity contribution in [1.82, 2.24) is 0 Å². The van der Waals surface area contributed by atoms with Gasteiger partial charge >= 0.3 is 0 Å². The molecule has 1 aliphatic rings. The van der Waals surface area contributed by atoms with Gasteiger partial charge in [-0.3, -0.25) is 0 Å². The van der Waals surface area contributed by atoms with Crippen molar-refractivity contribution >= 4 is 0 Å². The molecule has 0 heteroatoms. The standard InChI is InChI=1S/C15H30/c1-5-10-13(6-2)15(3,4)14-11-8-7-9-12-14/h13-14H,5-12H2,1-4H3. The van der Waals surface area contributed by atoms with E-state index in [2.05, 4.69) is 27.7 Å². The van der Waals surface area contributed by atoms with E-state index >= 15 is 0 Å². The Labute approximate surface area is 96.8 Å². The van der Waals surface area contributed by atoms with E-state index in [1.54, 1.807) is 0 Å². The minimum Gasteiger partial charge on any atom is -0.0654 e. The smallest absolute Gasteiger partial charge is 0.0298 e. The first kappa shape index (κ1) is 13.1. The highest BCUT2D eigenvalue weighted by atomic mass is 14.4. The second kappa shape index (κ2) is 5.92. The Balaban J connectivity index is 2.60. The maximum absolute atomic E-state index is 2.53. The van der Waals surface area contributed by atoms with Gasteiger partial charge < -0.3 is 0 Å². The molecule has 0 radical (unpaired) electrons. The number of hydrogen-bond acceptors (Lipinski definition) is 0. The van der Waals surface area contributed by atoms with Crippen LogP contribution in [0.4, 0.5) is 0 Å². The largest absolute Gasteiger partial charge is 0.0654 e. The van der Waals surface area contributed by atoms with E-state index in [9.17, 15) is 0 Å². The van der Waals surface area contributed by atoms with Crippen LogP contribution < -0.4 is 0 Å². The highest BCUT2D eigenvalue weighted by molar-refractivity contribution is 4.86. The third-order valence-electron chi connectivity index (χ3n) is 4.84. The van der Waals surface area contributed by atoms with Crippen LogP contribution in [0.1, 0.15) is 79.1 Å². The van der Waals surface area contributed by atoms with E-state index in [-0.39, 0.29) is 0 Å². The maximum atomic E-state index is 2.53. The van der Waals surface area contributed by atoms with Crippen LogP contribution in [0.5, 0.6) is 0 Å². The molecule has 90 valence electrons. The van der Waals surface area contributed by atoms with Crippen LogP contribution >= 0.6 is 0 Å². The van der Waals surface area contributed by atoms with Crippen molar-refractivity contribution in [3.8, 4) is 0 Å². The van der Waals surface area contributed by atoms with Crippen LogP contribution in [-0.4, -0.2) is 0 Å². The van der Waals surface area contributed by atoms with Gasteiger partial charge in [0, 0.05) is 0 Å². The van der Waals surface area contributed by atoms with Gasteiger partial charge in [0.2, 0.25) is 0 Å². The quantitative estimate of drug-likeness (QED) is 0.568. The molecule has 1 fully saturated rings. The molecule has 0 spiro atoms. The Morgan fingerprint density at radius 3 is 2.13 bits per heavy atom. The number of rotatable bonds is 5. The van der Waals surface area contributed by atoms with E-state index in [0.29, 0.717) is 5.41 Å². The molecule has 0 amide bonds. The van der Waals surface area contributed by atoms with Gasteiger partial charge in [0.15, 0.2) is 0 Å². The van der Waals surface area contributed by atoms with Crippen LogP contribution in [0.25, 0.3) is 0 Å². The fourth-order valence-corrected chi connectivity index (χ4v) is 3.63. The molecule has 0 aromatic carbocycles. The van der Waals surface area contributed by atoms with Crippen LogP contribution in [0, 0.1) is 17.3 Å². The van der Waals surface area contributed by atoms with E-state index in [0.717, 1.165) is 11.8 Å². The first-order valence-electron chi connectivity index (χ1n) is 7.12. The lowest BCUT2D eigenvalue weighted by atomic mass is 9.63. The van der Waals surface area contributed by atoms with E-state index < -0.39 is 0 Å². The summed E-state index contributed by atoms with van der Waals surface area (Å²) >= 11 is 0. The Bertz CT molecular complexity index is 156. The predicted molar refractivity (Wildman–Crippen MR) is 69.0 cm³/mol. The van der Waals surface area contributed by atoms with E-state index in [4.69, 9.17) is 0 Å². The molecule has 1 rings (SSSR count). The third kappa shape index (κ3) is 3.23. The zero-order chi connectivity index (χ0) is 11.3. The van der Waals surface area contributed by atoms with Crippen molar-refractivity contribution in [1.29, 1.82) is 0 Å². The van der Waals surface area contributed by atoms with Gasteiger partial charge in [-0.15, -0.1) is 0 Å². The summed E-state index contributed by atoms with van der Waals surface area (Å²) in [5.74, 6) is 1.95. The summed E-state index contributed by atoms with van der Waals surface area (Å²) in [5.41, 5.74) is 0.588. The monoisotopic (exact) mass is 210 g/mol. The van der Waals surface area contributed by atoms with Gasteiger partial charge in [0.1, 0.15) is 0 Å². The van der Waals surface area contributed by atoms with E-state index in [1.807, 2.05) is 0 Å². The zero-order valence-electron chi connectivity index (χ0n) is 11.3. The molecule has 0 N–H and O–H groups in total. The molecular weight excluding hydrogens is 180 g/mol. The van der Waals surface area contributed by atoms with Gasteiger partial charge in [-0.25, -0.2) is 0 Å². The zero-order valence-corrected chi connectivity index (χ0v) is 11.3. The minimum absolute atomic E-state index is 0.588. The summed E-state index contributed by atoms with van der Waals surface area (Å²) in [6.45, 7) is 9.78. The number of hydrogen-bond donors (Lipinski definition) is 0. The van der Waals surface area contributed by atoms with Gasteiger partial charge in [-0.2, -0.15) is 0 Å². The molecule has 0 bridgehead atoms. The summed E-state index contributed by atoms with van der Waals surface area (Å²) in [4.78, 5) is 0. The highest BCUT2D eigenvalue weighted by Gasteiger charge is 2.35. The second-order valence-electron chi connectivity index (χ2n) is 6.05. The fraction of sp³-hybridized carbons (Fsp3) is 1.00. The summed E-state index contributed by atoms with van der Waals surface area (Å²) < 4.78 is 0. The van der Waals surface area contributed by atoms with Crippen molar-refractivity contribution in [2.75, 3.05) is 0 Å². The fourth-order valence-electron chi connectivity index (χ4n) is 3.63. The molecule has 1 saturated carbocycles. The molecule has 1 atom stereocenters. The Morgan fingerprint density at radius 2 is 1.67 bits per heavy atom. The van der Waals surface area contributed by atoms with Gasteiger partial charge in [0.25, 0.3) is 0 Å². The molecule has 15 heavy (non-hydrogen) atoms. The maximum Gasteiger partial charge on any atom is -0.0298 e. The lowest BCUT2D eigenvalue weighted by Gasteiger charge is -2.43. The van der Waals surface area contributed by atoms with Crippen molar-refractivity contribution in [2.24, 2.45) is 17.3 Å². The minimum atomic E-state index is 0.588. The third-order valence-corrected chi connectivity index (χ3v) is 4.84. The highest BCUT2D eigenvalue weighted by Crippen LogP contribution is 2.45. The first-order valence-corrected chi connectivity index (χ1v) is 7.12. The van der Waals surface area contributed by atoms with Crippen LogP contribution in [0.3, 0.4) is 0 Å². The average molecular weight is 210 g/mol. The normalized spacial score (nSPS) is 21.6. The second-order valence-corrected chi connectivity index (χ2v) is 6.05. The van der Waals surface area contributed by atoms with Gasteiger partial charge in [0.05, 0.1) is 0 Å². The van der Waals surface area contributed by atoms with Crippen molar-refractivity contribution in [2.45, 2.75) is 79.1 Å². The Hall–Kier alpha value is 0. The first-order chi connectivity index (χ1) is 7.12. The summed E-state index contributed by atoms with van der Waals surface area (Å²) in [6, 6.07) is 0. The Kier molecular flexibility index (Phi) is 5.15. The molecule has 0 aromatic rings. The lowest BCUT2D eigenvalue weighted by Crippen LogP contribution is -2.33. The molecule has 0 heterocycles. The average Bonchev–Trinajstić information content (AvgIpc) is 2.27. The molecular formula is C15H30. The summed E-state index contributed by atoms with van der Waals surface area (Å²) in [7, 11) is 0. The van der Waals surface area contributed by atoms with Crippen LogP contribution in [-0.2, 0) is 0 Å². The SMILES string of the molecule is CCCC(CC)C(C)(C)C1CCCCC1. The van der Waals surface area contributed by atoms with Gasteiger partial charge in [-0.05, 0) is 30.1 Å². The molecule has 0 aliphatic heterocycles. The topological polar surface area (TPSA) is 0 Å². The molecule has 0 saturated heterocycles. The van der Waals surface area contributed by atoms with Gasteiger partial charge in [-0.1, -0.05) is 66.2 Å². The van der Waals surface area contributed by atoms with Crippen molar-refractivity contribution in [3.63, 3.8) is 0 Å². The van der Waals surface area contributed by atoms with Crippen LogP contribution in [0.15, 0.2) is 0 Å². The molecule has 0 aromatic heterocycles. The van der Waals surface area contributed by atoms with Crippen molar-refractivity contribution in [3.05, 3.63) is 0 Å².